The Labute approximate surface area is 150 Å². The van der Waals surface area contributed by atoms with Crippen LogP contribution < -0.4 is 5.32 Å². The Kier molecular flexibility index (Phi) is 5.06. The summed E-state index contributed by atoms with van der Waals surface area (Å²) in [5.41, 5.74) is 0.347. The molecule has 7 heteroatoms. The second kappa shape index (κ2) is 7.25. The third kappa shape index (κ3) is 4.00. The van der Waals surface area contributed by atoms with E-state index in [-0.39, 0.29) is 22.5 Å². The molecule has 1 N–H and O–H groups in total. The quantitative estimate of drug-likeness (QED) is 0.711. The first kappa shape index (κ1) is 17.4. The number of benzene rings is 1. The zero-order valence-electron chi connectivity index (χ0n) is 13.5. The molecule has 0 aliphatic carbocycles. The molecule has 3 aromatic rings. The maximum Gasteiger partial charge on any atom is 0.287 e. The number of rotatable bonds is 6. The number of carbonyl (C=O) groups is 1. The van der Waals surface area contributed by atoms with E-state index < -0.39 is 15.7 Å². The van der Waals surface area contributed by atoms with Crippen LogP contribution in [0.15, 0.2) is 69.5 Å². The predicted octanol–water partition coefficient (Wildman–Crippen LogP) is 3.81. The molecule has 0 radical (unpaired) electrons. The number of nitrogens with one attached hydrogen (secondary N) is 1. The van der Waals surface area contributed by atoms with E-state index >= 15 is 0 Å². The summed E-state index contributed by atoms with van der Waals surface area (Å²) in [5, 5.41) is 4.77. The molecule has 1 amide bonds. The van der Waals surface area contributed by atoms with E-state index in [9.17, 15) is 13.2 Å². The molecule has 1 aromatic carbocycles. The Morgan fingerprint density at radius 1 is 1.16 bits per heavy atom. The summed E-state index contributed by atoms with van der Waals surface area (Å²) in [6, 6.07) is 13.3. The Hall–Kier alpha value is -2.38. The fourth-order valence-electron chi connectivity index (χ4n) is 2.44. The molecular weight excluding hydrogens is 358 g/mol. The highest BCUT2D eigenvalue weighted by Gasteiger charge is 2.23. The molecule has 1 unspecified atom stereocenters. The average molecular weight is 375 g/mol. The van der Waals surface area contributed by atoms with Gasteiger partial charge in [0.15, 0.2) is 15.6 Å². The van der Waals surface area contributed by atoms with Crippen molar-refractivity contribution in [1.82, 2.24) is 5.32 Å². The third-order valence-electron chi connectivity index (χ3n) is 3.72. The lowest BCUT2D eigenvalue weighted by Gasteiger charge is -2.12. The van der Waals surface area contributed by atoms with Crippen LogP contribution in [0.5, 0.6) is 0 Å². The molecule has 3 rings (SSSR count). The SMILES string of the molecule is CC(NC(=O)c1occc1CS(=O)(=O)c1ccccc1)c1cccs1. The first-order valence-electron chi connectivity index (χ1n) is 7.66. The van der Waals surface area contributed by atoms with Gasteiger partial charge < -0.3 is 9.73 Å². The number of thiophene rings is 1. The van der Waals surface area contributed by atoms with Crippen LogP contribution in [0.3, 0.4) is 0 Å². The van der Waals surface area contributed by atoms with E-state index in [2.05, 4.69) is 5.32 Å². The molecule has 2 heterocycles. The van der Waals surface area contributed by atoms with Crippen LogP contribution in [-0.2, 0) is 15.6 Å². The molecule has 5 nitrogen and oxygen atoms in total. The minimum absolute atomic E-state index is 0.0305. The van der Waals surface area contributed by atoms with E-state index in [1.165, 1.54) is 24.5 Å². The summed E-state index contributed by atoms with van der Waals surface area (Å²) in [5.74, 6) is -0.684. The van der Waals surface area contributed by atoms with Gasteiger partial charge in [-0.2, -0.15) is 0 Å². The fourth-order valence-corrected chi connectivity index (χ4v) is 4.55. The van der Waals surface area contributed by atoms with Gasteiger partial charge in [0.2, 0.25) is 0 Å². The van der Waals surface area contributed by atoms with Crippen LogP contribution in [0.1, 0.15) is 34.0 Å². The molecule has 1 atom stereocenters. The van der Waals surface area contributed by atoms with Crippen LogP contribution in [0, 0.1) is 0 Å². The summed E-state index contributed by atoms with van der Waals surface area (Å²) in [6.07, 6.45) is 1.33. The van der Waals surface area contributed by atoms with Crippen molar-refractivity contribution in [2.45, 2.75) is 23.6 Å². The van der Waals surface area contributed by atoms with Crippen LogP contribution in [0.25, 0.3) is 0 Å². The lowest BCUT2D eigenvalue weighted by atomic mass is 10.2. The van der Waals surface area contributed by atoms with E-state index in [1.807, 2.05) is 24.4 Å². The largest absolute Gasteiger partial charge is 0.459 e. The molecule has 130 valence electrons. The van der Waals surface area contributed by atoms with E-state index in [1.54, 1.807) is 29.5 Å². The van der Waals surface area contributed by atoms with Gasteiger partial charge in [-0.15, -0.1) is 11.3 Å². The number of sulfone groups is 1. The van der Waals surface area contributed by atoms with E-state index in [0.29, 0.717) is 5.56 Å². The summed E-state index contributed by atoms with van der Waals surface area (Å²) < 4.78 is 30.3. The molecule has 0 fully saturated rings. The highest BCUT2D eigenvalue weighted by Crippen LogP contribution is 2.22. The second-order valence-electron chi connectivity index (χ2n) is 5.56. The van der Waals surface area contributed by atoms with Crippen molar-refractivity contribution in [2.24, 2.45) is 0 Å². The van der Waals surface area contributed by atoms with Crippen molar-refractivity contribution in [3.8, 4) is 0 Å². The van der Waals surface area contributed by atoms with Crippen LogP contribution in [0.2, 0.25) is 0 Å². The predicted molar refractivity (Wildman–Crippen MR) is 96.2 cm³/mol. The topological polar surface area (TPSA) is 76.4 Å². The molecule has 0 aliphatic heterocycles. The Bertz CT molecular complexity index is 944. The van der Waals surface area contributed by atoms with Gasteiger partial charge in [0.25, 0.3) is 5.91 Å². The number of hydrogen-bond donors (Lipinski definition) is 1. The summed E-state index contributed by atoms with van der Waals surface area (Å²) in [7, 11) is -3.55. The number of hydrogen-bond acceptors (Lipinski definition) is 5. The maximum atomic E-state index is 12.5. The minimum atomic E-state index is -3.55. The molecule has 0 aliphatic rings. The first-order valence-corrected chi connectivity index (χ1v) is 10.2. The lowest BCUT2D eigenvalue weighted by molar-refractivity contribution is 0.0911. The van der Waals surface area contributed by atoms with Crippen molar-refractivity contribution < 1.29 is 17.6 Å². The number of amides is 1. The zero-order valence-corrected chi connectivity index (χ0v) is 15.1. The standard InChI is InChI=1S/C18H17NO4S2/c1-13(16-8-5-11-24-16)19-18(20)17-14(9-10-23-17)12-25(21,22)15-6-3-2-4-7-15/h2-11,13H,12H2,1H3,(H,19,20). The van der Waals surface area contributed by atoms with Crippen molar-refractivity contribution in [3.63, 3.8) is 0 Å². The van der Waals surface area contributed by atoms with Gasteiger partial charge in [0.1, 0.15) is 0 Å². The molecule has 25 heavy (non-hydrogen) atoms. The lowest BCUT2D eigenvalue weighted by Crippen LogP contribution is -2.26. The van der Waals surface area contributed by atoms with Gasteiger partial charge in [-0.3, -0.25) is 4.79 Å². The minimum Gasteiger partial charge on any atom is -0.459 e. The smallest absolute Gasteiger partial charge is 0.287 e. The van der Waals surface area contributed by atoms with Crippen molar-refractivity contribution in [1.29, 1.82) is 0 Å². The van der Waals surface area contributed by atoms with Crippen molar-refractivity contribution >= 4 is 27.1 Å². The highest BCUT2D eigenvalue weighted by molar-refractivity contribution is 7.90. The fraction of sp³-hybridized carbons (Fsp3) is 0.167. The first-order chi connectivity index (χ1) is 12.0. The van der Waals surface area contributed by atoms with Gasteiger partial charge in [0, 0.05) is 10.4 Å². The molecule has 0 saturated carbocycles. The van der Waals surface area contributed by atoms with Gasteiger partial charge in [-0.1, -0.05) is 24.3 Å². The van der Waals surface area contributed by atoms with Gasteiger partial charge >= 0.3 is 0 Å². The van der Waals surface area contributed by atoms with Gasteiger partial charge in [-0.05, 0) is 36.6 Å². The third-order valence-corrected chi connectivity index (χ3v) is 6.45. The molecule has 0 saturated heterocycles. The summed E-state index contributed by atoms with van der Waals surface area (Å²) in [4.78, 5) is 13.7. The molecule has 0 bridgehead atoms. The maximum absolute atomic E-state index is 12.5. The van der Waals surface area contributed by atoms with Crippen LogP contribution in [-0.4, -0.2) is 14.3 Å². The number of furan rings is 1. The van der Waals surface area contributed by atoms with Gasteiger partial charge in [0.05, 0.1) is 23.0 Å². The average Bonchev–Trinajstić information content (AvgIpc) is 3.27. The van der Waals surface area contributed by atoms with E-state index in [0.717, 1.165) is 4.88 Å². The van der Waals surface area contributed by atoms with Crippen LogP contribution in [0.4, 0.5) is 0 Å². The summed E-state index contributed by atoms with van der Waals surface area (Å²) >= 11 is 1.54. The summed E-state index contributed by atoms with van der Waals surface area (Å²) in [6.45, 7) is 1.87. The normalized spacial score (nSPS) is 12.7. The van der Waals surface area contributed by atoms with E-state index in [4.69, 9.17) is 4.42 Å². The van der Waals surface area contributed by atoms with Crippen molar-refractivity contribution in [2.75, 3.05) is 0 Å². The highest BCUT2D eigenvalue weighted by atomic mass is 32.2. The number of carbonyl (C=O) groups excluding carboxylic acids is 1. The van der Waals surface area contributed by atoms with Crippen LogP contribution >= 0.6 is 11.3 Å². The molecule has 0 spiro atoms. The Balaban J connectivity index is 1.77. The molecule has 2 aromatic heterocycles. The van der Waals surface area contributed by atoms with Gasteiger partial charge in [-0.25, -0.2) is 8.42 Å². The second-order valence-corrected chi connectivity index (χ2v) is 8.53. The Morgan fingerprint density at radius 2 is 1.92 bits per heavy atom. The zero-order chi connectivity index (χ0) is 17.9. The Morgan fingerprint density at radius 3 is 2.60 bits per heavy atom. The monoisotopic (exact) mass is 375 g/mol. The van der Waals surface area contributed by atoms with Crippen molar-refractivity contribution in [3.05, 3.63) is 76.4 Å². The molecular formula is C18H17NO4S2.